The molecule has 0 aliphatic rings. The predicted octanol–water partition coefficient (Wildman–Crippen LogP) is 3.13. The Morgan fingerprint density at radius 1 is 1.56 bits per heavy atom. The predicted molar refractivity (Wildman–Crippen MR) is 66.7 cm³/mol. The SMILES string of the molecule is CC(C)(C)OC(=O)C[C@@H](N)c1ccc(Cl)s1. The molecule has 0 radical (unpaired) electrons. The summed E-state index contributed by atoms with van der Waals surface area (Å²) in [5, 5.41) is 0. The number of carbonyl (C=O) groups is 1. The maximum Gasteiger partial charge on any atom is 0.308 e. The first-order valence-electron chi connectivity index (χ1n) is 5.00. The van der Waals surface area contributed by atoms with Gasteiger partial charge >= 0.3 is 5.97 Å². The number of esters is 1. The summed E-state index contributed by atoms with van der Waals surface area (Å²) in [6.07, 6.45) is 0.175. The summed E-state index contributed by atoms with van der Waals surface area (Å²) in [6.45, 7) is 5.50. The van der Waals surface area contributed by atoms with Gasteiger partial charge in [-0.15, -0.1) is 11.3 Å². The zero-order valence-corrected chi connectivity index (χ0v) is 11.2. The van der Waals surface area contributed by atoms with E-state index in [9.17, 15) is 4.79 Å². The molecule has 0 unspecified atom stereocenters. The number of hydrogen-bond donors (Lipinski definition) is 1. The molecule has 2 N–H and O–H groups in total. The van der Waals surface area contributed by atoms with Gasteiger partial charge in [0.2, 0.25) is 0 Å². The van der Waals surface area contributed by atoms with E-state index in [1.54, 1.807) is 6.07 Å². The first-order valence-corrected chi connectivity index (χ1v) is 6.20. The fraction of sp³-hybridized carbons (Fsp3) is 0.545. The monoisotopic (exact) mass is 261 g/mol. The fourth-order valence-corrected chi connectivity index (χ4v) is 2.25. The minimum absolute atomic E-state index is 0.175. The van der Waals surface area contributed by atoms with Crippen molar-refractivity contribution in [2.45, 2.75) is 38.8 Å². The Labute approximate surface area is 105 Å². The second-order valence-corrected chi connectivity index (χ2v) is 6.29. The van der Waals surface area contributed by atoms with Gasteiger partial charge in [0.05, 0.1) is 10.8 Å². The Balaban J connectivity index is 2.52. The maximum atomic E-state index is 11.5. The minimum Gasteiger partial charge on any atom is -0.460 e. The van der Waals surface area contributed by atoms with E-state index in [-0.39, 0.29) is 18.4 Å². The lowest BCUT2D eigenvalue weighted by Gasteiger charge is -2.20. The van der Waals surface area contributed by atoms with Gasteiger partial charge in [0.15, 0.2) is 0 Å². The van der Waals surface area contributed by atoms with Crippen LogP contribution in [0.5, 0.6) is 0 Å². The molecule has 1 atom stereocenters. The molecule has 0 fully saturated rings. The lowest BCUT2D eigenvalue weighted by Crippen LogP contribution is -2.26. The molecule has 0 saturated carbocycles. The van der Waals surface area contributed by atoms with E-state index in [0.717, 1.165) is 4.88 Å². The van der Waals surface area contributed by atoms with Gasteiger partial charge in [0.1, 0.15) is 5.60 Å². The summed E-state index contributed by atoms with van der Waals surface area (Å²) >= 11 is 7.18. The van der Waals surface area contributed by atoms with Crippen molar-refractivity contribution in [2.75, 3.05) is 0 Å². The Morgan fingerprint density at radius 3 is 2.62 bits per heavy atom. The third-order valence-electron chi connectivity index (χ3n) is 1.77. The first-order chi connectivity index (χ1) is 7.28. The number of halogens is 1. The van der Waals surface area contributed by atoms with E-state index in [0.29, 0.717) is 4.34 Å². The molecule has 0 aliphatic carbocycles. The quantitative estimate of drug-likeness (QED) is 0.851. The Morgan fingerprint density at radius 2 is 2.19 bits per heavy atom. The largest absolute Gasteiger partial charge is 0.460 e. The third-order valence-corrected chi connectivity index (χ3v) is 3.13. The summed E-state index contributed by atoms with van der Waals surface area (Å²) in [4.78, 5) is 12.4. The van der Waals surface area contributed by atoms with E-state index in [1.165, 1.54) is 11.3 Å². The van der Waals surface area contributed by atoms with E-state index >= 15 is 0 Å². The van der Waals surface area contributed by atoms with Crippen LogP contribution in [0.15, 0.2) is 12.1 Å². The number of ether oxygens (including phenoxy) is 1. The summed E-state index contributed by atoms with van der Waals surface area (Å²) in [5.74, 6) is -0.287. The standard InChI is InChI=1S/C11H16ClNO2S/c1-11(2,3)15-10(14)6-7(13)8-4-5-9(12)16-8/h4-5,7H,6,13H2,1-3H3/t7-/m1/s1. The molecule has 0 aliphatic heterocycles. The zero-order chi connectivity index (χ0) is 12.3. The Bertz CT molecular complexity index is 370. The van der Waals surface area contributed by atoms with Crippen molar-refractivity contribution in [1.82, 2.24) is 0 Å². The van der Waals surface area contributed by atoms with Crippen molar-refractivity contribution in [3.63, 3.8) is 0 Å². The van der Waals surface area contributed by atoms with Crippen LogP contribution < -0.4 is 5.73 Å². The molecule has 0 spiro atoms. The minimum atomic E-state index is -0.468. The highest BCUT2D eigenvalue weighted by Gasteiger charge is 2.20. The molecule has 0 bridgehead atoms. The van der Waals surface area contributed by atoms with Gasteiger partial charge in [-0.25, -0.2) is 0 Å². The number of rotatable bonds is 3. The highest BCUT2D eigenvalue weighted by molar-refractivity contribution is 7.16. The van der Waals surface area contributed by atoms with Gasteiger partial charge in [-0.3, -0.25) is 4.79 Å². The molecule has 1 rings (SSSR count). The average Bonchev–Trinajstić information content (AvgIpc) is 2.47. The smallest absolute Gasteiger partial charge is 0.308 e. The van der Waals surface area contributed by atoms with Crippen LogP contribution in [0.3, 0.4) is 0 Å². The second-order valence-electron chi connectivity index (χ2n) is 4.54. The second kappa shape index (κ2) is 5.17. The van der Waals surface area contributed by atoms with Crippen molar-refractivity contribution in [1.29, 1.82) is 0 Å². The van der Waals surface area contributed by atoms with Gasteiger partial charge in [-0.05, 0) is 32.9 Å². The van der Waals surface area contributed by atoms with Gasteiger partial charge in [0.25, 0.3) is 0 Å². The summed E-state index contributed by atoms with van der Waals surface area (Å²) in [7, 11) is 0. The van der Waals surface area contributed by atoms with Gasteiger partial charge in [-0.1, -0.05) is 11.6 Å². The van der Waals surface area contributed by atoms with Crippen LogP contribution in [-0.2, 0) is 9.53 Å². The molecule has 1 heterocycles. The molecular formula is C11H16ClNO2S. The van der Waals surface area contributed by atoms with Crippen LogP contribution in [0, 0.1) is 0 Å². The van der Waals surface area contributed by atoms with Gasteiger partial charge in [-0.2, -0.15) is 0 Å². The number of nitrogens with two attached hydrogens (primary N) is 1. The number of carbonyl (C=O) groups excluding carboxylic acids is 1. The fourth-order valence-electron chi connectivity index (χ4n) is 1.19. The molecular weight excluding hydrogens is 246 g/mol. The Kier molecular flexibility index (Phi) is 4.35. The lowest BCUT2D eigenvalue weighted by molar-refractivity contribution is -0.155. The van der Waals surface area contributed by atoms with Crippen LogP contribution in [0.25, 0.3) is 0 Å². The van der Waals surface area contributed by atoms with Crippen molar-refractivity contribution >= 4 is 28.9 Å². The lowest BCUT2D eigenvalue weighted by atomic mass is 10.1. The highest BCUT2D eigenvalue weighted by atomic mass is 35.5. The van der Waals surface area contributed by atoms with Crippen LogP contribution in [0.2, 0.25) is 4.34 Å². The molecule has 5 heteroatoms. The van der Waals surface area contributed by atoms with Crippen molar-refractivity contribution < 1.29 is 9.53 Å². The van der Waals surface area contributed by atoms with Crippen LogP contribution in [-0.4, -0.2) is 11.6 Å². The van der Waals surface area contributed by atoms with Crippen LogP contribution >= 0.6 is 22.9 Å². The van der Waals surface area contributed by atoms with Crippen molar-refractivity contribution in [3.8, 4) is 0 Å². The molecule has 3 nitrogen and oxygen atoms in total. The number of thiophene rings is 1. The van der Waals surface area contributed by atoms with Crippen LogP contribution in [0.1, 0.15) is 38.1 Å². The molecule has 0 aromatic carbocycles. The molecule has 0 saturated heterocycles. The first kappa shape index (κ1) is 13.5. The van der Waals surface area contributed by atoms with Crippen molar-refractivity contribution in [3.05, 3.63) is 21.3 Å². The third kappa shape index (κ3) is 4.51. The van der Waals surface area contributed by atoms with Crippen LogP contribution in [0.4, 0.5) is 0 Å². The van der Waals surface area contributed by atoms with E-state index in [1.807, 2.05) is 26.8 Å². The van der Waals surface area contributed by atoms with Gasteiger partial charge < -0.3 is 10.5 Å². The van der Waals surface area contributed by atoms with E-state index in [4.69, 9.17) is 22.1 Å². The molecule has 16 heavy (non-hydrogen) atoms. The van der Waals surface area contributed by atoms with Gasteiger partial charge in [0, 0.05) is 10.9 Å². The summed E-state index contributed by atoms with van der Waals surface area (Å²) in [6, 6.07) is 3.27. The van der Waals surface area contributed by atoms with E-state index in [2.05, 4.69) is 0 Å². The molecule has 1 aromatic rings. The normalized spacial score (nSPS) is 13.6. The van der Waals surface area contributed by atoms with E-state index < -0.39 is 5.60 Å². The molecule has 1 aromatic heterocycles. The zero-order valence-electron chi connectivity index (χ0n) is 9.62. The molecule has 0 amide bonds. The summed E-state index contributed by atoms with van der Waals surface area (Å²) in [5.41, 5.74) is 5.41. The maximum absolute atomic E-state index is 11.5. The summed E-state index contributed by atoms with van der Waals surface area (Å²) < 4.78 is 5.86. The topological polar surface area (TPSA) is 52.3 Å². The Hall–Kier alpha value is -0.580. The average molecular weight is 262 g/mol. The highest BCUT2D eigenvalue weighted by Crippen LogP contribution is 2.27. The van der Waals surface area contributed by atoms with Crippen molar-refractivity contribution in [2.24, 2.45) is 5.73 Å². The molecule has 90 valence electrons. The number of hydrogen-bond acceptors (Lipinski definition) is 4.